The number of benzene rings is 1. The van der Waals surface area contributed by atoms with Crippen LogP contribution in [0.5, 0.6) is 11.5 Å². The van der Waals surface area contributed by atoms with Crippen LogP contribution in [0.2, 0.25) is 0 Å². The monoisotopic (exact) mass is 294 g/mol. The minimum Gasteiger partial charge on any atom is -0.493 e. The number of rotatable bonds is 6. The smallest absolute Gasteiger partial charge is 0.407 e. The summed E-state index contributed by atoms with van der Waals surface area (Å²) < 4.78 is 15.6. The maximum atomic E-state index is 10.8. The number of hydrogen-bond donors (Lipinski definition) is 1. The maximum absolute atomic E-state index is 10.8. The maximum Gasteiger partial charge on any atom is 0.407 e. The van der Waals surface area contributed by atoms with E-state index in [2.05, 4.69) is 19.2 Å². The molecule has 1 N–H and O–H groups in total. The molecular formula is C16H24NO4. The van der Waals surface area contributed by atoms with E-state index >= 15 is 0 Å². The largest absolute Gasteiger partial charge is 0.493 e. The zero-order valence-electron chi connectivity index (χ0n) is 12.8. The number of amides is 1. The van der Waals surface area contributed by atoms with Crippen LogP contribution in [0, 0.1) is 6.92 Å². The molecule has 1 heterocycles. The van der Waals surface area contributed by atoms with Crippen LogP contribution in [0.25, 0.3) is 0 Å². The lowest BCUT2D eigenvalue weighted by atomic mass is 10.3. The molecule has 0 aromatic heterocycles. The number of para-hydroxylation sites is 2. The molecule has 1 aliphatic rings. The van der Waals surface area contributed by atoms with E-state index in [1.807, 2.05) is 24.3 Å². The van der Waals surface area contributed by atoms with Crippen LogP contribution < -0.4 is 14.8 Å². The summed E-state index contributed by atoms with van der Waals surface area (Å²) in [6.07, 6.45) is 3.02. The summed E-state index contributed by atoms with van der Waals surface area (Å²) >= 11 is 0. The van der Waals surface area contributed by atoms with Gasteiger partial charge in [0.1, 0.15) is 6.61 Å². The van der Waals surface area contributed by atoms with Crippen LogP contribution in [0.3, 0.4) is 0 Å². The van der Waals surface area contributed by atoms with Gasteiger partial charge in [0.15, 0.2) is 17.6 Å². The summed E-state index contributed by atoms with van der Waals surface area (Å²) in [5, 5.41) is 2.56. The second-order valence-electron chi connectivity index (χ2n) is 4.58. The Morgan fingerprint density at radius 1 is 1.38 bits per heavy atom. The van der Waals surface area contributed by atoms with Gasteiger partial charge in [0.25, 0.3) is 0 Å². The second kappa shape index (κ2) is 9.91. The summed E-state index contributed by atoms with van der Waals surface area (Å²) in [4.78, 5) is 10.8. The SMILES string of the molecule is COc1ccccc1OCC1CNC(=O)O1.[CH2]CCCC. The van der Waals surface area contributed by atoms with E-state index in [-0.39, 0.29) is 6.10 Å². The summed E-state index contributed by atoms with van der Waals surface area (Å²) in [6, 6.07) is 7.34. The van der Waals surface area contributed by atoms with Crippen molar-refractivity contribution in [2.45, 2.75) is 32.3 Å². The van der Waals surface area contributed by atoms with Crippen molar-refractivity contribution in [2.24, 2.45) is 0 Å². The first kappa shape index (κ1) is 17.1. The molecule has 1 aromatic carbocycles. The third-order valence-electron chi connectivity index (χ3n) is 2.85. The fourth-order valence-corrected chi connectivity index (χ4v) is 1.70. The van der Waals surface area contributed by atoms with Crippen molar-refractivity contribution in [3.05, 3.63) is 31.2 Å². The molecule has 1 unspecified atom stereocenters. The van der Waals surface area contributed by atoms with Crippen LogP contribution in [-0.4, -0.2) is 32.5 Å². The zero-order chi connectivity index (χ0) is 15.5. The third kappa shape index (κ3) is 6.38. The highest BCUT2D eigenvalue weighted by Crippen LogP contribution is 2.26. The highest BCUT2D eigenvalue weighted by Gasteiger charge is 2.23. The van der Waals surface area contributed by atoms with Crippen molar-refractivity contribution in [3.8, 4) is 11.5 Å². The van der Waals surface area contributed by atoms with E-state index in [4.69, 9.17) is 14.2 Å². The van der Waals surface area contributed by atoms with Gasteiger partial charge in [-0.15, -0.1) is 0 Å². The Morgan fingerprint density at radius 2 is 2.10 bits per heavy atom. The standard InChI is InChI=1S/C11H13NO4.C5H11/c1-14-9-4-2-3-5-10(9)15-7-8-6-12-11(13)16-8;1-3-5-4-2/h2-5,8H,6-7H2,1H3,(H,12,13);1,3-5H2,2H3. The van der Waals surface area contributed by atoms with Crippen molar-refractivity contribution in [1.29, 1.82) is 0 Å². The molecule has 1 fully saturated rings. The normalized spacial score (nSPS) is 16.3. The van der Waals surface area contributed by atoms with Crippen LogP contribution in [0.15, 0.2) is 24.3 Å². The number of methoxy groups -OCH3 is 1. The van der Waals surface area contributed by atoms with Gasteiger partial charge in [-0.2, -0.15) is 0 Å². The molecule has 1 aromatic rings. The summed E-state index contributed by atoms with van der Waals surface area (Å²) in [6.45, 7) is 6.65. The van der Waals surface area contributed by atoms with E-state index in [0.29, 0.717) is 24.7 Å². The molecule has 0 bridgehead atoms. The Balaban J connectivity index is 0.000000383. The Morgan fingerprint density at radius 3 is 2.57 bits per heavy atom. The number of alkyl carbamates (subject to hydrolysis) is 1. The Kier molecular flexibility index (Phi) is 8.09. The van der Waals surface area contributed by atoms with Crippen molar-refractivity contribution in [3.63, 3.8) is 0 Å². The summed E-state index contributed by atoms with van der Waals surface area (Å²) in [5.41, 5.74) is 0. The quantitative estimate of drug-likeness (QED) is 0.875. The van der Waals surface area contributed by atoms with E-state index in [1.165, 1.54) is 12.8 Å². The highest BCUT2D eigenvalue weighted by atomic mass is 16.6. The van der Waals surface area contributed by atoms with Gasteiger partial charge in [-0.25, -0.2) is 4.79 Å². The molecule has 2 rings (SSSR count). The fraction of sp³-hybridized carbons (Fsp3) is 0.500. The van der Waals surface area contributed by atoms with Gasteiger partial charge < -0.3 is 19.5 Å². The molecule has 0 spiro atoms. The topological polar surface area (TPSA) is 56.8 Å². The van der Waals surface area contributed by atoms with Gasteiger partial charge in [0.05, 0.1) is 13.7 Å². The van der Waals surface area contributed by atoms with Gasteiger partial charge in [-0.1, -0.05) is 45.2 Å². The van der Waals surface area contributed by atoms with Crippen LogP contribution in [0.1, 0.15) is 26.2 Å². The van der Waals surface area contributed by atoms with Crippen molar-refractivity contribution in [2.75, 3.05) is 20.3 Å². The predicted molar refractivity (Wildman–Crippen MR) is 81.6 cm³/mol. The number of carbonyl (C=O) groups excluding carboxylic acids is 1. The van der Waals surface area contributed by atoms with Gasteiger partial charge >= 0.3 is 6.09 Å². The molecule has 5 heteroatoms. The lowest BCUT2D eigenvalue weighted by molar-refractivity contribution is 0.103. The molecular weight excluding hydrogens is 270 g/mol. The Bertz CT molecular complexity index is 420. The molecule has 0 saturated carbocycles. The van der Waals surface area contributed by atoms with Crippen LogP contribution in [-0.2, 0) is 4.74 Å². The fourth-order valence-electron chi connectivity index (χ4n) is 1.70. The van der Waals surface area contributed by atoms with Gasteiger partial charge in [0, 0.05) is 0 Å². The first-order valence-corrected chi connectivity index (χ1v) is 7.20. The third-order valence-corrected chi connectivity index (χ3v) is 2.85. The molecule has 117 valence electrons. The minimum absolute atomic E-state index is 0.239. The van der Waals surface area contributed by atoms with E-state index in [1.54, 1.807) is 7.11 Å². The highest BCUT2D eigenvalue weighted by molar-refractivity contribution is 5.69. The number of cyclic esters (lactones) is 1. The van der Waals surface area contributed by atoms with Crippen molar-refractivity contribution < 1.29 is 19.0 Å². The van der Waals surface area contributed by atoms with Crippen molar-refractivity contribution >= 4 is 6.09 Å². The first-order valence-electron chi connectivity index (χ1n) is 7.20. The molecule has 5 nitrogen and oxygen atoms in total. The predicted octanol–water partition coefficient (Wildman–Crippen LogP) is 3.19. The molecule has 1 atom stereocenters. The molecule has 1 aliphatic heterocycles. The molecule has 1 saturated heterocycles. The number of nitrogens with one attached hydrogen (secondary N) is 1. The van der Waals surface area contributed by atoms with Crippen LogP contribution >= 0.6 is 0 Å². The number of carbonyl (C=O) groups is 1. The van der Waals surface area contributed by atoms with Crippen molar-refractivity contribution in [1.82, 2.24) is 5.32 Å². The van der Waals surface area contributed by atoms with Gasteiger partial charge in [0.2, 0.25) is 0 Å². The second-order valence-corrected chi connectivity index (χ2v) is 4.58. The first-order chi connectivity index (χ1) is 10.2. The van der Waals surface area contributed by atoms with Gasteiger partial charge in [-0.05, 0) is 12.1 Å². The summed E-state index contributed by atoms with van der Waals surface area (Å²) in [5.74, 6) is 1.31. The lowest BCUT2D eigenvalue weighted by Gasteiger charge is -2.12. The molecule has 21 heavy (non-hydrogen) atoms. The molecule has 1 amide bonds. The van der Waals surface area contributed by atoms with E-state index < -0.39 is 6.09 Å². The van der Waals surface area contributed by atoms with E-state index in [9.17, 15) is 4.79 Å². The molecule has 1 radical (unpaired) electrons. The Hall–Kier alpha value is -1.91. The number of ether oxygens (including phenoxy) is 3. The Labute approximate surface area is 126 Å². The zero-order valence-corrected chi connectivity index (χ0v) is 12.8. The summed E-state index contributed by atoms with van der Waals surface area (Å²) in [7, 11) is 1.58. The average Bonchev–Trinajstić information content (AvgIpc) is 2.92. The van der Waals surface area contributed by atoms with Gasteiger partial charge in [-0.3, -0.25) is 0 Å². The minimum atomic E-state index is -0.395. The average molecular weight is 294 g/mol. The van der Waals surface area contributed by atoms with Crippen LogP contribution in [0.4, 0.5) is 4.79 Å². The van der Waals surface area contributed by atoms with E-state index in [0.717, 1.165) is 6.42 Å². The molecule has 0 aliphatic carbocycles. The number of hydrogen-bond acceptors (Lipinski definition) is 4. The number of unbranched alkanes of at least 4 members (excludes halogenated alkanes) is 2. The lowest BCUT2D eigenvalue weighted by Crippen LogP contribution is -2.22.